The minimum Gasteiger partial charge on any atom is -0.342 e. The molecule has 1 aromatic rings. The van der Waals surface area contributed by atoms with Crippen LogP contribution in [0.2, 0.25) is 0 Å². The van der Waals surface area contributed by atoms with Crippen molar-refractivity contribution in [2.24, 2.45) is 11.3 Å². The Bertz CT molecular complexity index is 562. The van der Waals surface area contributed by atoms with Crippen LogP contribution in [0.3, 0.4) is 0 Å². The molecule has 3 heteroatoms. The van der Waals surface area contributed by atoms with Crippen molar-refractivity contribution in [3.8, 4) is 0 Å². The maximum absolute atomic E-state index is 12.9. The number of amides is 1. The van der Waals surface area contributed by atoms with Crippen LogP contribution in [0, 0.1) is 11.3 Å². The minimum atomic E-state index is 0.190. The van der Waals surface area contributed by atoms with E-state index in [4.69, 9.17) is 0 Å². The van der Waals surface area contributed by atoms with E-state index in [-0.39, 0.29) is 5.92 Å². The first-order chi connectivity index (χ1) is 10.8. The van der Waals surface area contributed by atoms with Crippen LogP contribution < -0.4 is 0 Å². The van der Waals surface area contributed by atoms with Crippen LogP contribution in [-0.2, 0) is 17.6 Å². The van der Waals surface area contributed by atoms with Crippen molar-refractivity contribution in [2.75, 3.05) is 13.1 Å². The second kappa shape index (κ2) is 5.68. The molecule has 0 aromatic carbocycles. The summed E-state index contributed by atoms with van der Waals surface area (Å²) in [5.74, 6) is 0.604. The Hall–Kier alpha value is -1.38. The van der Waals surface area contributed by atoms with Gasteiger partial charge in [-0.05, 0) is 55.6 Å². The van der Waals surface area contributed by atoms with E-state index in [1.807, 2.05) is 12.3 Å². The van der Waals surface area contributed by atoms with Gasteiger partial charge < -0.3 is 4.90 Å². The highest BCUT2D eigenvalue weighted by atomic mass is 16.2. The van der Waals surface area contributed by atoms with E-state index >= 15 is 0 Å². The first kappa shape index (κ1) is 14.2. The molecule has 1 saturated carbocycles. The molecule has 1 saturated heterocycles. The summed E-state index contributed by atoms with van der Waals surface area (Å²) < 4.78 is 0. The van der Waals surface area contributed by atoms with Gasteiger partial charge in [-0.2, -0.15) is 0 Å². The molecular formula is C19H26N2O. The van der Waals surface area contributed by atoms with Crippen LogP contribution in [0.15, 0.2) is 18.3 Å². The zero-order valence-electron chi connectivity index (χ0n) is 13.4. The molecule has 3 nitrogen and oxygen atoms in total. The Kier molecular flexibility index (Phi) is 3.67. The highest BCUT2D eigenvalue weighted by Gasteiger charge is 2.42. The van der Waals surface area contributed by atoms with Crippen molar-refractivity contribution in [3.05, 3.63) is 29.6 Å². The van der Waals surface area contributed by atoms with Crippen molar-refractivity contribution < 1.29 is 4.79 Å². The van der Waals surface area contributed by atoms with Gasteiger partial charge in [0.05, 0.1) is 0 Å². The maximum Gasteiger partial charge on any atom is 0.226 e. The topological polar surface area (TPSA) is 33.2 Å². The summed E-state index contributed by atoms with van der Waals surface area (Å²) >= 11 is 0. The molecule has 22 heavy (non-hydrogen) atoms. The number of pyridine rings is 1. The Morgan fingerprint density at radius 2 is 2.09 bits per heavy atom. The molecule has 1 unspecified atom stereocenters. The van der Waals surface area contributed by atoms with Crippen molar-refractivity contribution in [1.29, 1.82) is 0 Å². The second-order valence-corrected chi connectivity index (χ2v) is 7.62. The fourth-order valence-electron chi connectivity index (χ4n) is 4.86. The number of carbonyl (C=O) groups excluding carboxylic acids is 1. The molecule has 4 rings (SSSR count). The van der Waals surface area contributed by atoms with Crippen LogP contribution in [0.1, 0.15) is 56.2 Å². The first-order valence-electron chi connectivity index (χ1n) is 8.97. The van der Waals surface area contributed by atoms with Gasteiger partial charge in [0.25, 0.3) is 0 Å². The van der Waals surface area contributed by atoms with Gasteiger partial charge in [0.15, 0.2) is 0 Å². The lowest BCUT2D eigenvalue weighted by molar-refractivity contribution is -0.135. The number of likely N-dealkylation sites (tertiary alicyclic amines) is 1. The summed E-state index contributed by atoms with van der Waals surface area (Å²) in [6.07, 6.45) is 12.8. The highest BCUT2D eigenvalue weighted by molar-refractivity contribution is 5.80. The summed E-state index contributed by atoms with van der Waals surface area (Å²) in [6, 6.07) is 4.15. The lowest BCUT2D eigenvalue weighted by Crippen LogP contribution is -2.39. The van der Waals surface area contributed by atoms with Crippen molar-refractivity contribution in [1.82, 2.24) is 9.88 Å². The van der Waals surface area contributed by atoms with E-state index in [0.29, 0.717) is 11.3 Å². The molecule has 1 aromatic heterocycles. The molecule has 2 aliphatic carbocycles. The van der Waals surface area contributed by atoms with Crippen molar-refractivity contribution >= 4 is 5.91 Å². The summed E-state index contributed by atoms with van der Waals surface area (Å²) in [7, 11) is 0. The summed E-state index contributed by atoms with van der Waals surface area (Å²) in [5, 5.41) is 0. The Balaban J connectivity index is 1.43. The van der Waals surface area contributed by atoms with Crippen LogP contribution >= 0.6 is 0 Å². The molecule has 0 radical (unpaired) electrons. The third-order valence-corrected chi connectivity index (χ3v) is 6.19. The van der Waals surface area contributed by atoms with Gasteiger partial charge in [0.1, 0.15) is 0 Å². The van der Waals surface area contributed by atoms with E-state index < -0.39 is 0 Å². The Morgan fingerprint density at radius 3 is 2.95 bits per heavy atom. The Morgan fingerprint density at radius 1 is 1.23 bits per heavy atom. The minimum absolute atomic E-state index is 0.190. The van der Waals surface area contributed by atoms with Crippen LogP contribution in [0.25, 0.3) is 0 Å². The number of aryl methyl sites for hydroxylation is 1. The van der Waals surface area contributed by atoms with Gasteiger partial charge in [0, 0.05) is 30.9 Å². The molecule has 0 bridgehead atoms. The zero-order chi connectivity index (χ0) is 15.0. The second-order valence-electron chi connectivity index (χ2n) is 7.62. The first-order valence-corrected chi connectivity index (χ1v) is 8.97. The molecule has 2 heterocycles. The van der Waals surface area contributed by atoms with Crippen molar-refractivity contribution in [3.63, 3.8) is 0 Å². The number of carbonyl (C=O) groups is 1. The van der Waals surface area contributed by atoms with E-state index in [2.05, 4.69) is 16.0 Å². The largest absolute Gasteiger partial charge is 0.342 e. The van der Waals surface area contributed by atoms with E-state index in [1.165, 1.54) is 49.8 Å². The third-order valence-electron chi connectivity index (χ3n) is 6.19. The highest BCUT2D eigenvalue weighted by Crippen LogP contribution is 2.44. The summed E-state index contributed by atoms with van der Waals surface area (Å²) in [6.45, 7) is 2.03. The average molecular weight is 298 g/mol. The number of fused-ring (bicyclic) bond motifs is 1. The Labute approximate surface area is 133 Å². The van der Waals surface area contributed by atoms with Gasteiger partial charge in [-0.25, -0.2) is 0 Å². The molecule has 1 atom stereocenters. The molecule has 1 amide bonds. The summed E-state index contributed by atoms with van der Waals surface area (Å²) in [4.78, 5) is 19.6. The molecule has 0 N–H and O–H groups in total. The molecule has 1 aliphatic heterocycles. The molecule has 3 aliphatic rings. The van der Waals surface area contributed by atoms with Gasteiger partial charge >= 0.3 is 0 Å². The summed E-state index contributed by atoms with van der Waals surface area (Å²) in [5.41, 5.74) is 2.97. The van der Waals surface area contributed by atoms with E-state index in [1.54, 1.807) is 0 Å². The molecule has 2 fully saturated rings. The smallest absolute Gasteiger partial charge is 0.226 e. The lowest BCUT2D eigenvalue weighted by atomic mass is 9.73. The number of nitrogens with zero attached hydrogens (tertiary/aromatic N) is 2. The van der Waals surface area contributed by atoms with Crippen molar-refractivity contribution in [2.45, 2.75) is 57.8 Å². The molecule has 1 spiro atoms. The number of hydrogen-bond donors (Lipinski definition) is 0. The van der Waals surface area contributed by atoms with Gasteiger partial charge in [0.2, 0.25) is 5.91 Å². The van der Waals surface area contributed by atoms with Gasteiger partial charge in [-0.3, -0.25) is 9.78 Å². The monoisotopic (exact) mass is 298 g/mol. The fraction of sp³-hybridized carbons (Fsp3) is 0.684. The van der Waals surface area contributed by atoms with Crippen LogP contribution in [0.4, 0.5) is 0 Å². The zero-order valence-corrected chi connectivity index (χ0v) is 13.4. The normalized spacial score (nSPS) is 26.9. The van der Waals surface area contributed by atoms with Crippen LogP contribution in [0.5, 0.6) is 0 Å². The van der Waals surface area contributed by atoms with E-state index in [9.17, 15) is 4.79 Å². The maximum atomic E-state index is 12.9. The standard InChI is InChI=1S/C19H26N2O/c22-18(16-6-7-17-15(13-16)5-4-11-20-17)21-12-10-19(14-21)8-2-1-3-9-19/h4-5,11,16H,1-3,6-10,12-14H2. The van der Waals surface area contributed by atoms with Gasteiger partial charge in [-0.15, -0.1) is 0 Å². The quantitative estimate of drug-likeness (QED) is 0.796. The fourth-order valence-corrected chi connectivity index (χ4v) is 4.86. The predicted octanol–water partition coefficient (Wildman–Crippen LogP) is 3.37. The average Bonchev–Trinajstić information content (AvgIpc) is 2.98. The number of rotatable bonds is 1. The number of aromatic nitrogens is 1. The molecule has 118 valence electrons. The lowest BCUT2D eigenvalue weighted by Gasteiger charge is -2.34. The van der Waals surface area contributed by atoms with Crippen LogP contribution in [-0.4, -0.2) is 28.9 Å². The van der Waals surface area contributed by atoms with E-state index in [0.717, 1.165) is 32.4 Å². The SMILES string of the molecule is O=C(C1CCc2ncccc2C1)N1CCC2(CCCCC2)C1. The van der Waals surface area contributed by atoms with Gasteiger partial charge in [-0.1, -0.05) is 25.3 Å². The molecular weight excluding hydrogens is 272 g/mol. The predicted molar refractivity (Wildman–Crippen MR) is 86.5 cm³/mol. The number of hydrogen-bond acceptors (Lipinski definition) is 2. The third kappa shape index (κ3) is 2.55.